The van der Waals surface area contributed by atoms with Gasteiger partial charge >= 0.3 is 0 Å². The number of likely N-dealkylation sites (N-methyl/N-ethyl adjacent to an activating group) is 2. The molecule has 1 amide bonds. The maximum Gasteiger partial charge on any atom is 0.236 e. The van der Waals surface area contributed by atoms with E-state index in [4.69, 9.17) is 0 Å². The van der Waals surface area contributed by atoms with Gasteiger partial charge in [-0.3, -0.25) is 9.69 Å². The van der Waals surface area contributed by atoms with E-state index in [0.29, 0.717) is 6.54 Å². The van der Waals surface area contributed by atoms with Crippen molar-refractivity contribution in [2.45, 2.75) is 34.6 Å². The highest BCUT2D eigenvalue weighted by Crippen LogP contribution is 1.98. The molecule has 3 heteroatoms. The molecule has 0 saturated carbocycles. The van der Waals surface area contributed by atoms with E-state index in [0.717, 1.165) is 19.6 Å². The molecule has 0 aromatic carbocycles. The first-order valence-corrected chi connectivity index (χ1v) is 5.70. The van der Waals surface area contributed by atoms with Crippen LogP contribution in [-0.4, -0.2) is 48.9 Å². The summed E-state index contributed by atoms with van der Waals surface area (Å²) in [6.07, 6.45) is 0. The van der Waals surface area contributed by atoms with E-state index < -0.39 is 0 Å². The number of piperazine rings is 1. The first-order valence-electron chi connectivity index (χ1n) is 5.70. The molecule has 0 unspecified atom stereocenters. The van der Waals surface area contributed by atoms with Crippen molar-refractivity contribution in [2.75, 3.05) is 33.2 Å². The molecule has 1 aliphatic heterocycles. The molecule has 0 spiro atoms. The zero-order chi connectivity index (χ0) is 11.6. The van der Waals surface area contributed by atoms with Crippen molar-refractivity contribution in [1.82, 2.24) is 9.80 Å². The molecule has 1 rings (SSSR count). The molecule has 0 aromatic heterocycles. The minimum absolute atomic E-state index is 0.260. The Labute approximate surface area is 89.1 Å². The highest BCUT2D eigenvalue weighted by atomic mass is 16.2. The van der Waals surface area contributed by atoms with Crippen LogP contribution >= 0.6 is 0 Å². The van der Waals surface area contributed by atoms with Gasteiger partial charge in [-0.25, -0.2) is 0 Å². The number of hydrogen-bond acceptors (Lipinski definition) is 2. The van der Waals surface area contributed by atoms with Gasteiger partial charge in [-0.1, -0.05) is 27.7 Å². The summed E-state index contributed by atoms with van der Waals surface area (Å²) in [5, 5.41) is 0. The fourth-order valence-corrected chi connectivity index (χ4v) is 1.16. The lowest BCUT2D eigenvalue weighted by Gasteiger charge is -2.31. The van der Waals surface area contributed by atoms with Crippen LogP contribution in [-0.2, 0) is 4.79 Å². The van der Waals surface area contributed by atoms with Gasteiger partial charge in [0.15, 0.2) is 0 Å². The second-order valence-corrected chi connectivity index (χ2v) is 2.71. The van der Waals surface area contributed by atoms with Crippen molar-refractivity contribution in [3.05, 3.63) is 0 Å². The molecule has 86 valence electrons. The Balaban J connectivity index is 0. The van der Waals surface area contributed by atoms with Gasteiger partial charge in [0.1, 0.15) is 0 Å². The highest BCUT2D eigenvalue weighted by Gasteiger charge is 2.18. The van der Waals surface area contributed by atoms with E-state index in [2.05, 4.69) is 4.90 Å². The summed E-state index contributed by atoms with van der Waals surface area (Å²) in [5.41, 5.74) is 0. The quantitative estimate of drug-likeness (QED) is 0.647. The Morgan fingerprint density at radius 1 is 1.14 bits per heavy atom. The lowest BCUT2D eigenvalue weighted by atomic mass is 10.3. The summed E-state index contributed by atoms with van der Waals surface area (Å²) in [6, 6.07) is 0. The topological polar surface area (TPSA) is 23.6 Å². The predicted octanol–water partition coefficient (Wildman–Crippen LogP) is 1.83. The van der Waals surface area contributed by atoms with Crippen LogP contribution < -0.4 is 0 Å². The Morgan fingerprint density at radius 2 is 1.64 bits per heavy atom. The average Bonchev–Trinajstić information content (AvgIpc) is 2.24. The van der Waals surface area contributed by atoms with Crippen molar-refractivity contribution >= 4 is 5.91 Å². The van der Waals surface area contributed by atoms with Crippen LogP contribution in [0.1, 0.15) is 34.6 Å². The number of amides is 1. The molecule has 1 aliphatic rings. The number of carbonyl (C=O) groups excluding carboxylic acids is 1. The molecule has 0 N–H and O–H groups in total. The molecule has 14 heavy (non-hydrogen) atoms. The van der Waals surface area contributed by atoms with E-state index in [1.165, 1.54) is 0 Å². The van der Waals surface area contributed by atoms with E-state index >= 15 is 0 Å². The highest BCUT2D eigenvalue weighted by molar-refractivity contribution is 5.78. The standard InChI is InChI=1S/C7H14N2O.2C2H6/c1-3-9-5-4-8(2)6-7(9)10;2*1-2/h3-6H2,1-2H3;2*1-2H3. The van der Waals surface area contributed by atoms with Crippen molar-refractivity contribution in [1.29, 1.82) is 0 Å². The number of nitrogens with zero attached hydrogens (tertiary/aromatic N) is 2. The lowest BCUT2D eigenvalue weighted by molar-refractivity contribution is -0.135. The minimum atomic E-state index is 0.260. The molecule has 0 radical (unpaired) electrons. The van der Waals surface area contributed by atoms with Gasteiger partial charge < -0.3 is 4.90 Å². The zero-order valence-electron chi connectivity index (χ0n) is 10.6. The Hall–Kier alpha value is -0.570. The average molecular weight is 202 g/mol. The normalized spacial score (nSPS) is 16.4. The zero-order valence-corrected chi connectivity index (χ0v) is 10.6. The van der Waals surface area contributed by atoms with Crippen LogP contribution in [0.5, 0.6) is 0 Å². The van der Waals surface area contributed by atoms with Crippen molar-refractivity contribution in [3.8, 4) is 0 Å². The number of carbonyl (C=O) groups is 1. The molecule has 1 fully saturated rings. The van der Waals surface area contributed by atoms with Crippen molar-refractivity contribution in [2.24, 2.45) is 0 Å². The molecule has 1 saturated heterocycles. The molecule has 0 bridgehead atoms. The van der Waals surface area contributed by atoms with Gasteiger partial charge in [-0.15, -0.1) is 0 Å². The SMILES string of the molecule is CC.CC.CCN1CCN(C)CC1=O. The molecular weight excluding hydrogens is 176 g/mol. The van der Waals surface area contributed by atoms with Gasteiger partial charge in [0, 0.05) is 19.6 Å². The Morgan fingerprint density at radius 3 is 2.00 bits per heavy atom. The fraction of sp³-hybridized carbons (Fsp3) is 0.909. The smallest absolute Gasteiger partial charge is 0.236 e. The first kappa shape index (κ1) is 15.9. The summed E-state index contributed by atoms with van der Waals surface area (Å²) in [7, 11) is 1.98. The molecular formula is C11H26N2O. The second-order valence-electron chi connectivity index (χ2n) is 2.71. The van der Waals surface area contributed by atoms with Crippen LogP contribution in [0.3, 0.4) is 0 Å². The summed E-state index contributed by atoms with van der Waals surface area (Å²) in [6.45, 7) is 13.4. The van der Waals surface area contributed by atoms with Crippen LogP contribution in [0.15, 0.2) is 0 Å². The van der Waals surface area contributed by atoms with Crippen molar-refractivity contribution in [3.63, 3.8) is 0 Å². The lowest BCUT2D eigenvalue weighted by Crippen LogP contribution is -2.48. The minimum Gasteiger partial charge on any atom is -0.341 e. The van der Waals surface area contributed by atoms with E-state index in [-0.39, 0.29) is 5.91 Å². The van der Waals surface area contributed by atoms with E-state index in [1.54, 1.807) is 0 Å². The van der Waals surface area contributed by atoms with E-state index in [9.17, 15) is 4.79 Å². The fourth-order valence-electron chi connectivity index (χ4n) is 1.16. The second kappa shape index (κ2) is 10.5. The summed E-state index contributed by atoms with van der Waals surface area (Å²) >= 11 is 0. The van der Waals surface area contributed by atoms with Crippen LogP contribution in [0.25, 0.3) is 0 Å². The Kier molecular flexibility index (Phi) is 11.9. The predicted molar refractivity (Wildman–Crippen MR) is 62.4 cm³/mol. The molecule has 3 nitrogen and oxygen atoms in total. The van der Waals surface area contributed by atoms with Gasteiger partial charge in [0.25, 0.3) is 0 Å². The van der Waals surface area contributed by atoms with Crippen molar-refractivity contribution < 1.29 is 4.79 Å². The van der Waals surface area contributed by atoms with Crippen LogP contribution in [0.2, 0.25) is 0 Å². The summed E-state index contributed by atoms with van der Waals surface area (Å²) in [4.78, 5) is 15.1. The summed E-state index contributed by atoms with van der Waals surface area (Å²) in [5.74, 6) is 0.260. The maximum atomic E-state index is 11.1. The van der Waals surface area contributed by atoms with Crippen LogP contribution in [0.4, 0.5) is 0 Å². The first-order chi connectivity index (χ1) is 6.74. The van der Waals surface area contributed by atoms with Crippen LogP contribution in [0, 0.1) is 0 Å². The van der Waals surface area contributed by atoms with Gasteiger partial charge in [0.2, 0.25) is 5.91 Å². The summed E-state index contributed by atoms with van der Waals surface area (Å²) < 4.78 is 0. The number of rotatable bonds is 1. The van der Waals surface area contributed by atoms with E-state index in [1.807, 2.05) is 46.6 Å². The van der Waals surface area contributed by atoms with Gasteiger partial charge in [-0.2, -0.15) is 0 Å². The van der Waals surface area contributed by atoms with Gasteiger partial charge in [-0.05, 0) is 14.0 Å². The molecule has 0 aliphatic carbocycles. The third kappa shape index (κ3) is 5.97. The van der Waals surface area contributed by atoms with Gasteiger partial charge in [0.05, 0.1) is 6.54 Å². The maximum absolute atomic E-state index is 11.1. The largest absolute Gasteiger partial charge is 0.341 e. The molecule has 1 heterocycles. The molecule has 0 atom stereocenters. The third-order valence-corrected chi connectivity index (χ3v) is 1.89. The molecule has 0 aromatic rings. The third-order valence-electron chi connectivity index (χ3n) is 1.89. The Bertz CT molecular complexity index is 137. The monoisotopic (exact) mass is 202 g/mol. The number of hydrogen-bond donors (Lipinski definition) is 0.